The van der Waals surface area contributed by atoms with Crippen molar-refractivity contribution in [2.45, 2.75) is 19.6 Å². The minimum Gasteiger partial charge on any atom is -0.0656 e. The zero-order chi connectivity index (χ0) is 13.9. The van der Waals surface area contributed by atoms with Crippen molar-refractivity contribution in [3.05, 3.63) is 69.6 Å². The Balaban J connectivity index is 2.14. The molecule has 2 aromatic rings. The molecule has 2 aliphatic rings. The first-order chi connectivity index (χ1) is 9.55. The molecule has 0 fully saturated rings. The van der Waals surface area contributed by atoms with Gasteiger partial charge in [0.2, 0.25) is 0 Å². The lowest BCUT2D eigenvalue weighted by atomic mass is 10.0. The first-order valence-electron chi connectivity index (χ1n) is 7.23. The second kappa shape index (κ2) is 3.83. The highest BCUT2D eigenvalue weighted by atomic mass is 28.3. The van der Waals surface area contributed by atoms with E-state index in [-0.39, 0.29) is 0 Å². The molecule has 0 radical (unpaired) electrons. The largest absolute Gasteiger partial charge is 0.0784 e. The van der Waals surface area contributed by atoms with E-state index in [9.17, 15) is 0 Å². The predicted octanol–water partition coefficient (Wildman–Crippen LogP) is 2.62. The van der Waals surface area contributed by atoms with Crippen LogP contribution in [0.5, 0.6) is 0 Å². The summed E-state index contributed by atoms with van der Waals surface area (Å²) in [7, 11) is -1.34. The maximum atomic E-state index is 2.44. The van der Waals surface area contributed by atoms with Gasteiger partial charge in [0.25, 0.3) is 0 Å². The van der Waals surface area contributed by atoms with Gasteiger partial charge in [-0.3, -0.25) is 0 Å². The molecule has 2 aliphatic carbocycles. The molecule has 0 saturated heterocycles. The summed E-state index contributed by atoms with van der Waals surface area (Å²) < 4.78 is 0. The Hall–Kier alpha value is -1.86. The molecule has 0 spiro atoms. The quantitative estimate of drug-likeness (QED) is 0.701. The summed E-state index contributed by atoms with van der Waals surface area (Å²) >= 11 is 0. The molecule has 1 heteroatoms. The molecule has 4 rings (SSSR count). The fourth-order valence-corrected chi connectivity index (χ4v) is 5.02. The fourth-order valence-electron chi connectivity index (χ4n) is 3.40. The topological polar surface area (TPSA) is 0 Å². The highest BCUT2D eigenvalue weighted by Gasteiger charge is 2.29. The summed E-state index contributed by atoms with van der Waals surface area (Å²) in [5.41, 5.74) is 5.77. The van der Waals surface area contributed by atoms with Crippen LogP contribution in [0, 0.1) is 0 Å². The zero-order valence-electron chi connectivity index (χ0n) is 12.2. The van der Waals surface area contributed by atoms with E-state index >= 15 is 0 Å². The third-order valence-corrected chi connectivity index (χ3v) is 6.33. The number of hydrogen-bond acceptors (Lipinski definition) is 0. The maximum absolute atomic E-state index is 2.44. The third-order valence-electron chi connectivity index (χ3n) is 4.30. The monoisotopic (exact) mass is 274 g/mol. The standard InChI is InChI=1S/C19H18Si/c1-20(2,3)17-10-6-8-14-12-15-11-13-7-4-5-9-16(13)18(15)19(14)17/h4-12H,1-3H3. The van der Waals surface area contributed by atoms with E-state index in [0.717, 1.165) is 0 Å². The Labute approximate surface area is 120 Å². The minimum absolute atomic E-state index is 1.34. The van der Waals surface area contributed by atoms with Gasteiger partial charge in [0, 0.05) is 0 Å². The fraction of sp³-hybridized carbons (Fsp3) is 0.158. The van der Waals surface area contributed by atoms with E-state index < -0.39 is 8.07 Å². The zero-order valence-corrected chi connectivity index (χ0v) is 13.2. The molecule has 98 valence electrons. The van der Waals surface area contributed by atoms with Gasteiger partial charge in [-0.15, -0.1) is 0 Å². The Bertz CT molecular complexity index is 877. The van der Waals surface area contributed by atoms with Crippen molar-refractivity contribution in [2.75, 3.05) is 0 Å². The van der Waals surface area contributed by atoms with Crippen LogP contribution < -0.4 is 15.6 Å². The van der Waals surface area contributed by atoms with Crippen LogP contribution in [0.25, 0.3) is 17.7 Å². The van der Waals surface area contributed by atoms with E-state index in [1.54, 1.807) is 5.19 Å². The Kier molecular flexibility index (Phi) is 2.28. The van der Waals surface area contributed by atoms with Crippen LogP contribution in [0.1, 0.15) is 11.1 Å². The van der Waals surface area contributed by atoms with Crippen LogP contribution in [-0.2, 0) is 0 Å². The first-order valence-corrected chi connectivity index (χ1v) is 10.7. The van der Waals surface area contributed by atoms with Gasteiger partial charge in [-0.2, -0.15) is 0 Å². The van der Waals surface area contributed by atoms with Gasteiger partial charge in [0.1, 0.15) is 0 Å². The number of hydrogen-bond donors (Lipinski definition) is 0. The molecule has 0 heterocycles. The van der Waals surface area contributed by atoms with Gasteiger partial charge >= 0.3 is 0 Å². The van der Waals surface area contributed by atoms with E-state index in [1.165, 1.54) is 32.7 Å². The number of benzene rings is 2. The smallest absolute Gasteiger partial charge is 0.0656 e. The highest BCUT2D eigenvalue weighted by Crippen LogP contribution is 2.35. The molecule has 0 nitrogen and oxygen atoms in total. The Morgan fingerprint density at radius 3 is 2.40 bits per heavy atom. The summed E-state index contributed by atoms with van der Waals surface area (Å²) in [5, 5.41) is 4.36. The van der Waals surface area contributed by atoms with Gasteiger partial charge in [-0.25, -0.2) is 0 Å². The van der Waals surface area contributed by atoms with Crippen LogP contribution in [-0.4, -0.2) is 8.07 Å². The third kappa shape index (κ3) is 1.53. The number of rotatable bonds is 1. The van der Waals surface area contributed by atoms with Crippen molar-refractivity contribution < 1.29 is 0 Å². The van der Waals surface area contributed by atoms with Crippen molar-refractivity contribution in [1.29, 1.82) is 0 Å². The van der Waals surface area contributed by atoms with Crippen LogP contribution >= 0.6 is 0 Å². The Morgan fingerprint density at radius 1 is 0.800 bits per heavy atom. The first kappa shape index (κ1) is 11.9. The van der Waals surface area contributed by atoms with Crippen molar-refractivity contribution in [1.82, 2.24) is 0 Å². The normalized spacial score (nSPS) is 15.3. The second-order valence-corrected chi connectivity index (χ2v) is 11.8. The van der Waals surface area contributed by atoms with Crippen molar-refractivity contribution >= 4 is 31.0 Å². The summed E-state index contributed by atoms with van der Waals surface area (Å²) in [6, 6.07) is 15.6. The molecule has 0 N–H and O–H groups in total. The SMILES string of the molecule is C[Si](C)(C)c1cccc2c1C1=c3ccccc3=CC1=C2. The van der Waals surface area contributed by atoms with Crippen molar-refractivity contribution in [3.63, 3.8) is 0 Å². The van der Waals surface area contributed by atoms with E-state index in [4.69, 9.17) is 0 Å². The second-order valence-electron chi connectivity index (χ2n) is 6.73. The molecule has 0 atom stereocenters. The van der Waals surface area contributed by atoms with E-state index in [0.29, 0.717) is 0 Å². The van der Waals surface area contributed by atoms with Gasteiger partial charge in [-0.1, -0.05) is 67.3 Å². The van der Waals surface area contributed by atoms with Gasteiger partial charge < -0.3 is 0 Å². The number of allylic oxidation sites excluding steroid dienone is 1. The molecule has 0 bridgehead atoms. The molecule has 0 aliphatic heterocycles. The van der Waals surface area contributed by atoms with Crippen LogP contribution in [0.3, 0.4) is 0 Å². The lowest BCUT2D eigenvalue weighted by Gasteiger charge is -2.21. The lowest BCUT2D eigenvalue weighted by molar-refractivity contribution is 1.51. The molecule has 20 heavy (non-hydrogen) atoms. The van der Waals surface area contributed by atoms with E-state index in [1.807, 2.05) is 0 Å². The number of fused-ring (bicyclic) bond motifs is 4. The van der Waals surface area contributed by atoms with Crippen molar-refractivity contribution in [2.24, 2.45) is 0 Å². The molecule has 2 aromatic carbocycles. The molecule has 0 unspecified atom stereocenters. The average molecular weight is 274 g/mol. The van der Waals surface area contributed by atoms with Gasteiger partial charge in [-0.05, 0) is 44.9 Å². The molecule has 0 amide bonds. The molecular formula is C19H18Si. The summed E-state index contributed by atoms with van der Waals surface area (Å²) in [6.45, 7) is 7.31. The molecule has 0 saturated carbocycles. The van der Waals surface area contributed by atoms with Crippen molar-refractivity contribution in [3.8, 4) is 0 Å². The van der Waals surface area contributed by atoms with E-state index in [2.05, 4.69) is 74.3 Å². The summed E-state index contributed by atoms with van der Waals surface area (Å²) in [4.78, 5) is 0. The van der Waals surface area contributed by atoms with Crippen LogP contribution in [0.4, 0.5) is 0 Å². The van der Waals surface area contributed by atoms with Crippen LogP contribution in [0.15, 0.2) is 48.0 Å². The lowest BCUT2D eigenvalue weighted by Crippen LogP contribution is -2.40. The molecule has 0 aromatic heterocycles. The summed E-state index contributed by atoms with van der Waals surface area (Å²) in [5.74, 6) is 0. The maximum Gasteiger partial charge on any atom is 0.0784 e. The predicted molar refractivity (Wildman–Crippen MR) is 90.1 cm³/mol. The average Bonchev–Trinajstić information content (AvgIpc) is 2.91. The molecular weight excluding hydrogens is 256 g/mol. The Morgan fingerprint density at radius 2 is 1.60 bits per heavy atom. The van der Waals surface area contributed by atoms with Gasteiger partial charge in [0.05, 0.1) is 8.07 Å². The summed E-state index contributed by atoms with van der Waals surface area (Å²) in [6.07, 6.45) is 4.69. The minimum atomic E-state index is -1.34. The van der Waals surface area contributed by atoms with Gasteiger partial charge in [0.15, 0.2) is 0 Å². The van der Waals surface area contributed by atoms with Crippen LogP contribution in [0.2, 0.25) is 19.6 Å². The highest BCUT2D eigenvalue weighted by molar-refractivity contribution is 6.89.